The summed E-state index contributed by atoms with van der Waals surface area (Å²) in [5, 5.41) is 3.36. The second-order valence-electron chi connectivity index (χ2n) is 7.19. The Morgan fingerprint density at radius 2 is 1.86 bits per heavy atom. The van der Waals surface area contributed by atoms with Crippen molar-refractivity contribution in [2.75, 3.05) is 24.7 Å². The zero-order valence-electron chi connectivity index (χ0n) is 16.6. The minimum atomic E-state index is 0.0879. The van der Waals surface area contributed by atoms with Crippen LogP contribution in [0, 0.1) is 6.92 Å². The monoisotopic (exact) mass is 404 g/mol. The van der Waals surface area contributed by atoms with Gasteiger partial charge in [-0.05, 0) is 36.3 Å². The first-order valence-corrected chi connectivity index (χ1v) is 10.9. The number of aromatic nitrogens is 2. The van der Waals surface area contributed by atoms with Gasteiger partial charge in [0, 0.05) is 36.4 Å². The van der Waals surface area contributed by atoms with Crippen molar-refractivity contribution in [1.29, 1.82) is 0 Å². The Kier molecular flexibility index (Phi) is 5.81. The molecule has 29 heavy (non-hydrogen) atoms. The number of rotatable bonds is 5. The van der Waals surface area contributed by atoms with Gasteiger partial charge >= 0.3 is 0 Å². The van der Waals surface area contributed by atoms with Gasteiger partial charge in [0.15, 0.2) is 0 Å². The van der Waals surface area contributed by atoms with Crippen molar-refractivity contribution in [1.82, 2.24) is 14.9 Å². The molecule has 1 atom stereocenters. The number of carbonyl (C=O) groups is 1. The van der Waals surface area contributed by atoms with Crippen LogP contribution in [0.5, 0.6) is 0 Å². The van der Waals surface area contributed by atoms with Crippen LogP contribution in [0.15, 0.2) is 65.8 Å². The zero-order chi connectivity index (χ0) is 20.2. The number of amides is 1. The van der Waals surface area contributed by atoms with E-state index in [9.17, 15) is 4.79 Å². The molecule has 6 heteroatoms. The number of hydrogen-bond donors (Lipinski definition) is 1. The molecular weight excluding hydrogens is 380 g/mol. The molecule has 0 saturated carbocycles. The summed E-state index contributed by atoms with van der Waals surface area (Å²) in [6.45, 7) is 3.38. The molecule has 0 radical (unpaired) electrons. The van der Waals surface area contributed by atoms with Gasteiger partial charge in [-0.3, -0.25) is 4.79 Å². The second-order valence-corrected chi connectivity index (χ2v) is 8.07. The van der Waals surface area contributed by atoms with Crippen molar-refractivity contribution in [3.63, 3.8) is 0 Å². The molecule has 1 aliphatic heterocycles. The van der Waals surface area contributed by atoms with E-state index in [0.29, 0.717) is 12.5 Å². The molecule has 0 bridgehead atoms. The summed E-state index contributed by atoms with van der Waals surface area (Å²) in [5.41, 5.74) is 3.85. The average Bonchev–Trinajstić information content (AvgIpc) is 3.23. The van der Waals surface area contributed by atoms with E-state index in [1.54, 1.807) is 11.8 Å². The fraction of sp³-hybridized carbons (Fsp3) is 0.261. The second kappa shape index (κ2) is 8.66. The maximum atomic E-state index is 13.4. The van der Waals surface area contributed by atoms with Gasteiger partial charge in [0.2, 0.25) is 5.95 Å². The first-order chi connectivity index (χ1) is 14.2. The topological polar surface area (TPSA) is 58.1 Å². The van der Waals surface area contributed by atoms with Crippen LogP contribution >= 0.6 is 11.8 Å². The molecule has 1 fully saturated rings. The Balaban J connectivity index is 1.51. The van der Waals surface area contributed by atoms with Crippen LogP contribution in [0.25, 0.3) is 11.1 Å². The highest BCUT2D eigenvalue weighted by Gasteiger charge is 2.29. The Morgan fingerprint density at radius 1 is 1.10 bits per heavy atom. The lowest BCUT2D eigenvalue weighted by molar-refractivity contribution is 0.0791. The lowest BCUT2D eigenvalue weighted by Gasteiger charge is -2.20. The predicted octanol–water partition coefficient (Wildman–Crippen LogP) is 4.50. The van der Waals surface area contributed by atoms with E-state index in [4.69, 9.17) is 0 Å². The molecule has 1 amide bonds. The molecule has 2 aromatic carbocycles. The largest absolute Gasteiger partial charge is 0.350 e. The normalized spacial score (nSPS) is 16.1. The zero-order valence-corrected chi connectivity index (χ0v) is 17.4. The van der Waals surface area contributed by atoms with Crippen molar-refractivity contribution in [2.45, 2.75) is 24.3 Å². The molecular formula is C23H24N4OS. The Bertz CT molecular complexity index is 992. The third kappa shape index (κ3) is 4.27. The molecule has 4 rings (SSSR count). The van der Waals surface area contributed by atoms with Crippen LogP contribution in [-0.2, 0) is 0 Å². The molecule has 2 heterocycles. The summed E-state index contributed by atoms with van der Waals surface area (Å²) in [6, 6.07) is 16.3. The number of thioether (sulfide) groups is 1. The number of carbonyl (C=O) groups excluding carboxylic acids is 1. The van der Waals surface area contributed by atoms with E-state index in [2.05, 4.69) is 27.4 Å². The summed E-state index contributed by atoms with van der Waals surface area (Å²) in [4.78, 5) is 25.1. The molecule has 1 aliphatic rings. The van der Waals surface area contributed by atoms with Crippen molar-refractivity contribution in [2.24, 2.45) is 0 Å². The SMILES string of the molecule is CSc1cnc(NC2CCN(C(=O)c3c(C)cccc3-c3ccccc3)C2)nc1. The summed E-state index contributed by atoms with van der Waals surface area (Å²) >= 11 is 1.62. The van der Waals surface area contributed by atoms with Crippen molar-refractivity contribution in [3.05, 3.63) is 72.1 Å². The molecule has 3 aromatic rings. The number of hydrogen-bond acceptors (Lipinski definition) is 5. The summed E-state index contributed by atoms with van der Waals surface area (Å²) < 4.78 is 0. The standard InChI is InChI=1S/C23H24N4OS/c1-16-7-6-10-20(17-8-4-3-5-9-17)21(16)22(28)27-12-11-18(15-27)26-23-24-13-19(29-2)14-25-23/h3-10,13-14,18H,11-12,15H2,1-2H3,(H,24,25,26). The molecule has 1 saturated heterocycles. The van der Waals surface area contributed by atoms with E-state index in [1.807, 2.05) is 66.9 Å². The fourth-order valence-electron chi connectivity index (χ4n) is 3.71. The van der Waals surface area contributed by atoms with Gasteiger partial charge in [0.05, 0.1) is 5.56 Å². The van der Waals surface area contributed by atoms with Crippen molar-refractivity contribution < 1.29 is 4.79 Å². The van der Waals surface area contributed by atoms with E-state index < -0.39 is 0 Å². The number of benzene rings is 2. The summed E-state index contributed by atoms with van der Waals surface area (Å²) in [5.74, 6) is 0.702. The van der Waals surface area contributed by atoms with E-state index in [-0.39, 0.29) is 11.9 Å². The Hall–Kier alpha value is -2.86. The molecule has 148 valence electrons. The van der Waals surface area contributed by atoms with Gasteiger partial charge in [-0.15, -0.1) is 11.8 Å². The molecule has 1 unspecified atom stereocenters. The third-order valence-electron chi connectivity index (χ3n) is 5.24. The van der Waals surface area contributed by atoms with Gasteiger partial charge in [0.25, 0.3) is 5.91 Å². The highest BCUT2D eigenvalue weighted by molar-refractivity contribution is 7.98. The maximum absolute atomic E-state index is 13.4. The lowest BCUT2D eigenvalue weighted by atomic mass is 9.95. The van der Waals surface area contributed by atoms with Crippen LogP contribution < -0.4 is 5.32 Å². The van der Waals surface area contributed by atoms with E-state index in [0.717, 1.165) is 40.1 Å². The highest BCUT2D eigenvalue weighted by Crippen LogP contribution is 2.28. The van der Waals surface area contributed by atoms with Crippen LogP contribution in [0.4, 0.5) is 5.95 Å². The van der Waals surface area contributed by atoms with Crippen LogP contribution in [-0.4, -0.2) is 46.2 Å². The molecule has 0 aliphatic carbocycles. The van der Waals surface area contributed by atoms with E-state index >= 15 is 0 Å². The molecule has 1 aromatic heterocycles. The number of anilines is 1. The highest BCUT2D eigenvalue weighted by atomic mass is 32.2. The van der Waals surface area contributed by atoms with Gasteiger partial charge in [-0.1, -0.05) is 48.5 Å². The van der Waals surface area contributed by atoms with Gasteiger partial charge in [-0.2, -0.15) is 0 Å². The molecule has 5 nitrogen and oxygen atoms in total. The minimum absolute atomic E-state index is 0.0879. The van der Waals surface area contributed by atoms with Crippen molar-refractivity contribution in [3.8, 4) is 11.1 Å². The van der Waals surface area contributed by atoms with Crippen LogP contribution in [0.1, 0.15) is 22.3 Å². The van der Waals surface area contributed by atoms with E-state index in [1.165, 1.54) is 0 Å². The van der Waals surface area contributed by atoms with Crippen LogP contribution in [0.2, 0.25) is 0 Å². The molecule has 0 spiro atoms. The number of aryl methyl sites for hydroxylation is 1. The maximum Gasteiger partial charge on any atom is 0.254 e. The van der Waals surface area contributed by atoms with Crippen LogP contribution in [0.3, 0.4) is 0 Å². The smallest absolute Gasteiger partial charge is 0.254 e. The summed E-state index contributed by atoms with van der Waals surface area (Å²) in [7, 11) is 0. The Labute approximate surface area is 175 Å². The fourth-order valence-corrected chi connectivity index (χ4v) is 4.03. The third-order valence-corrected chi connectivity index (χ3v) is 5.93. The lowest BCUT2D eigenvalue weighted by Crippen LogP contribution is -2.32. The van der Waals surface area contributed by atoms with Gasteiger partial charge < -0.3 is 10.2 Å². The average molecular weight is 405 g/mol. The predicted molar refractivity (Wildman–Crippen MR) is 118 cm³/mol. The minimum Gasteiger partial charge on any atom is -0.350 e. The first kappa shape index (κ1) is 19.5. The number of nitrogens with one attached hydrogen (secondary N) is 1. The first-order valence-electron chi connectivity index (χ1n) is 9.72. The quantitative estimate of drug-likeness (QED) is 0.635. The number of nitrogens with zero attached hydrogens (tertiary/aromatic N) is 3. The number of likely N-dealkylation sites (tertiary alicyclic amines) is 1. The van der Waals surface area contributed by atoms with Crippen molar-refractivity contribution >= 4 is 23.6 Å². The van der Waals surface area contributed by atoms with Gasteiger partial charge in [0.1, 0.15) is 0 Å². The Morgan fingerprint density at radius 3 is 2.59 bits per heavy atom. The summed E-state index contributed by atoms with van der Waals surface area (Å²) in [6.07, 6.45) is 6.52. The molecule has 1 N–H and O–H groups in total. The van der Waals surface area contributed by atoms with Gasteiger partial charge in [-0.25, -0.2) is 9.97 Å².